The number of non-ortho nitro benzene ring substituents is 1. The summed E-state index contributed by atoms with van der Waals surface area (Å²) < 4.78 is 33.2. The minimum Gasteiger partial charge on any atom is -0.408 e. The molecule has 0 spiro atoms. The van der Waals surface area contributed by atoms with Gasteiger partial charge in [0.05, 0.1) is 21.9 Å². The lowest BCUT2D eigenvalue weighted by Gasteiger charge is -2.18. The van der Waals surface area contributed by atoms with Crippen LogP contribution in [0.25, 0.3) is 11.1 Å². The minimum atomic E-state index is -3.67. The van der Waals surface area contributed by atoms with Gasteiger partial charge in [0.1, 0.15) is 0 Å². The monoisotopic (exact) mass is 405 g/mol. The Balaban J connectivity index is 1.99. The van der Waals surface area contributed by atoms with Gasteiger partial charge in [-0.05, 0) is 17.7 Å². The molecule has 0 saturated heterocycles. The second-order valence-electron chi connectivity index (χ2n) is 6.10. The first-order chi connectivity index (χ1) is 13.3. The Morgan fingerprint density at radius 2 is 1.75 bits per heavy atom. The molecule has 0 aliphatic rings. The van der Waals surface area contributed by atoms with Gasteiger partial charge in [-0.25, -0.2) is 13.2 Å². The molecule has 0 atom stereocenters. The van der Waals surface area contributed by atoms with Crippen LogP contribution in [0.15, 0.2) is 56.6 Å². The van der Waals surface area contributed by atoms with Gasteiger partial charge in [0.2, 0.25) is 10.0 Å². The molecule has 0 aliphatic heterocycles. The van der Waals surface area contributed by atoms with Crippen molar-refractivity contribution in [2.75, 3.05) is 13.1 Å². The van der Waals surface area contributed by atoms with Crippen LogP contribution in [-0.2, 0) is 16.6 Å². The normalized spacial score (nSPS) is 12.0. The summed E-state index contributed by atoms with van der Waals surface area (Å²) in [4.78, 5) is 22.6. The van der Waals surface area contributed by atoms with Crippen molar-refractivity contribution in [3.63, 3.8) is 0 Å². The second kappa shape index (κ2) is 7.56. The highest BCUT2D eigenvalue weighted by Crippen LogP contribution is 2.22. The van der Waals surface area contributed by atoms with Gasteiger partial charge >= 0.3 is 5.76 Å². The summed E-state index contributed by atoms with van der Waals surface area (Å²) in [5.74, 6) is -0.634. The van der Waals surface area contributed by atoms with Crippen molar-refractivity contribution in [1.82, 2.24) is 8.87 Å². The van der Waals surface area contributed by atoms with Gasteiger partial charge in [-0.2, -0.15) is 4.31 Å². The number of benzene rings is 2. The van der Waals surface area contributed by atoms with Crippen molar-refractivity contribution in [2.45, 2.75) is 25.3 Å². The number of nitro benzene ring substituents is 1. The molecular weight excluding hydrogens is 386 g/mol. The molecule has 148 valence electrons. The first kappa shape index (κ1) is 19.8. The minimum absolute atomic E-state index is 0.0422. The zero-order chi connectivity index (χ0) is 20.5. The molecule has 2 aromatic carbocycles. The van der Waals surface area contributed by atoms with Gasteiger partial charge in [-0.1, -0.05) is 26.0 Å². The summed E-state index contributed by atoms with van der Waals surface area (Å²) in [5, 5.41) is 10.7. The van der Waals surface area contributed by atoms with Gasteiger partial charge in [-0.3, -0.25) is 14.7 Å². The molecule has 3 aromatic rings. The van der Waals surface area contributed by atoms with Gasteiger partial charge in [0, 0.05) is 31.3 Å². The topological polar surface area (TPSA) is 116 Å². The fourth-order valence-corrected chi connectivity index (χ4v) is 4.45. The van der Waals surface area contributed by atoms with Gasteiger partial charge in [0.15, 0.2) is 5.58 Å². The number of nitrogens with zero attached hydrogens (tertiary/aromatic N) is 3. The van der Waals surface area contributed by atoms with E-state index < -0.39 is 20.7 Å². The highest BCUT2D eigenvalue weighted by molar-refractivity contribution is 7.89. The highest BCUT2D eigenvalue weighted by atomic mass is 32.2. The first-order valence-electron chi connectivity index (χ1n) is 8.64. The van der Waals surface area contributed by atoms with E-state index in [1.165, 1.54) is 39.2 Å². The lowest BCUT2D eigenvalue weighted by atomic mass is 10.2. The SMILES string of the molecule is CCN(CC)S(=O)(=O)c1ccc2c(c1)oc(=O)n2Cc1ccc([N+](=O)[O-])cc1. The molecule has 1 heterocycles. The Morgan fingerprint density at radius 1 is 1.11 bits per heavy atom. The molecule has 3 rings (SSSR count). The van der Waals surface area contributed by atoms with Gasteiger partial charge < -0.3 is 4.42 Å². The van der Waals surface area contributed by atoms with Crippen molar-refractivity contribution in [1.29, 1.82) is 0 Å². The summed E-state index contributed by atoms with van der Waals surface area (Å²) in [6.45, 7) is 4.32. The third-order valence-electron chi connectivity index (χ3n) is 4.47. The predicted octanol–water partition coefficient (Wildman–Crippen LogP) is 2.58. The van der Waals surface area contributed by atoms with Gasteiger partial charge in [-0.15, -0.1) is 0 Å². The molecule has 28 heavy (non-hydrogen) atoms. The molecule has 0 radical (unpaired) electrons. The van der Waals surface area contributed by atoms with E-state index >= 15 is 0 Å². The fraction of sp³-hybridized carbons (Fsp3) is 0.278. The first-order valence-corrected chi connectivity index (χ1v) is 10.1. The summed E-state index contributed by atoms with van der Waals surface area (Å²) in [5.41, 5.74) is 1.25. The second-order valence-corrected chi connectivity index (χ2v) is 8.03. The molecule has 0 N–H and O–H groups in total. The highest BCUT2D eigenvalue weighted by Gasteiger charge is 2.23. The molecule has 0 amide bonds. The van der Waals surface area contributed by atoms with Crippen molar-refractivity contribution in [3.8, 4) is 0 Å². The van der Waals surface area contributed by atoms with E-state index in [1.807, 2.05) is 0 Å². The summed E-state index contributed by atoms with van der Waals surface area (Å²) >= 11 is 0. The van der Waals surface area contributed by atoms with E-state index in [0.717, 1.165) is 0 Å². The molecule has 0 aliphatic carbocycles. The number of nitro groups is 1. The largest absolute Gasteiger partial charge is 0.420 e. The molecule has 0 fully saturated rings. The zero-order valence-corrected chi connectivity index (χ0v) is 16.2. The number of fused-ring (bicyclic) bond motifs is 1. The number of rotatable bonds is 7. The molecular formula is C18H19N3O6S. The van der Waals surface area contributed by atoms with Crippen LogP contribution in [0.3, 0.4) is 0 Å². The molecule has 1 aromatic heterocycles. The Hall–Kier alpha value is -2.98. The van der Waals surface area contributed by atoms with Crippen LogP contribution in [0.4, 0.5) is 5.69 Å². The average molecular weight is 405 g/mol. The number of sulfonamides is 1. The third kappa shape index (κ3) is 3.56. The lowest BCUT2D eigenvalue weighted by Crippen LogP contribution is -2.30. The Labute approximate surface area is 161 Å². The van der Waals surface area contributed by atoms with E-state index in [9.17, 15) is 23.3 Å². The predicted molar refractivity (Wildman–Crippen MR) is 103 cm³/mol. The maximum Gasteiger partial charge on any atom is 0.420 e. The zero-order valence-electron chi connectivity index (χ0n) is 15.4. The molecule has 0 bridgehead atoms. The molecule has 0 unspecified atom stereocenters. The van der Waals surface area contributed by atoms with Crippen LogP contribution in [0.2, 0.25) is 0 Å². The third-order valence-corrected chi connectivity index (χ3v) is 6.52. The number of aromatic nitrogens is 1. The fourth-order valence-electron chi connectivity index (χ4n) is 2.98. The molecule has 0 saturated carbocycles. The van der Waals surface area contributed by atoms with Gasteiger partial charge in [0.25, 0.3) is 5.69 Å². The van der Waals surface area contributed by atoms with Crippen LogP contribution in [-0.4, -0.2) is 35.3 Å². The van der Waals surface area contributed by atoms with E-state index in [-0.39, 0.29) is 22.7 Å². The van der Waals surface area contributed by atoms with E-state index in [1.54, 1.807) is 26.0 Å². The lowest BCUT2D eigenvalue weighted by molar-refractivity contribution is -0.384. The summed E-state index contributed by atoms with van der Waals surface area (Å²) in [6.07, 6.45) is 0. The maximum absolute atomic E-state index is 12.7. The van der Waals surface area contributed by atoms with Crippen molar-refractivity contribution in [3.05, 3.63) is 68.7 Å². The number of hydrogen-bond acceptors (Lipinski definition) is 6. The Morgan fingerprint density at radius 3 is 2.32 bits per heavy atom. The van der Waals surface area contributed by atoms with Crippen LogP contribution in [0.5, 0.6) is 0 Å². The Bertz CT molecular complexity index is 1170. The maximum atomic E-state index is 12.7. The van der Waals surface area contributed by atoms with Crippen molar-refractivity contribution >= 4 is 26.8 Å². The van der Waals surface area contributed by atoms with Crippen LogP contribution in [0.1, 0.15) is 19.4 Å². The van der Waals surface area contributed by atoms with E-state index in [0.29, 0.717) is 24.2 Å². The molecule has 9 nitrogen and oxygen atoms in total. The van der Waals surface area contributed by atoms with Crippen molar-refractivity contribution in [2.24, 2.45) is 0 Å². The van der Waals surface area contributed by atoms with Crippen LogP contribution in [0, 0.1) is 10.1 Å². The van der Waals surface area contributed by atoms with Crippen LogP contribution < -0.4 is 5.76 Å². The quantitative estimate of drug-likeness (QED) is 0.441. The van der Waals surface area contributed by atoms with E-state index in [2.05, 4.69) is 0 Å². The average Bonchev–Trinajstić information content (AvgIpc) is 2.97. The standard InChI is InChI=1S/C18H19N3O6S/c1-3-19(4-2)28(25,26)15-9-10-16-17(11-15)27-18(22)20(16)12-13-5-7-14(8-6-13)21(23)24/h5-11H,3-4,12H2,1-2H3. The number of hydrogen-bond donors (Lipinski definition) is 0. The van der Waals surface area contributed by atoms with Crippen LogP contribution >= 0.6 is 0 Å². The van der Waals surface area contributed by atoms with Crippen molar-refractivity contribution < 1.29 is 17.8 Å². The Kier molecular flexibility index (Phi) is 5.34. The summed E-state index contributed by atoms with van der Waals surface area (Å²) in [6, 6.07) is 10.1. The number of oxazole rings is 1. The van der Waals surface area contributed by atoms with E-state index in [4.69, 9.17) is 4.42 Å². The molecule has 10 heteroatoms. The smallest absolute Gasteiger partial charge is 0.408 e. The summed E-state index contributed by atoms with van der Waals surface area (Å²) in [7, 11) is -3.67.